The Balaban J connectivity index is 2.29. The third-order valence-corrected chi connectivity index (χ3v) is 3.60. The molecule has 16 heavy (non-hydrogen) atoms. The predicted molar refractivity (Wildman–Crippen MR) is 65.4 cm³/mol. The van der Waals surface area contributed by atoms with E-state index in [1.807, 2.05) is 6.92 Å². The summed E-state index contributed by atoms with van der Waals surface area (Å²) in [6, 6.07) is 2.08. The second-order valence-corrected chi connectivity index (χ2v) is 4.97. The van der Waals surface area contributed by atoms with Crippen molar-refractivity contribution in [2.75, 3.05) is 18.0 Å². The van der Waals surface area contributed by atoms with E-state index in [0.717, 1.165) is 41.9 Å². The zero-order valence-electron chi connectivity index (χ0n) is 10.3. The summed E-state index contributed by atoms with van der Waals surface area (Å²) < 4.78 is 0. The normalized spacial score (nSPS) is 25.1. The van der Waals surface area contributed by atoms with Crippen molar-refractivity contribution >= 4 is 5.69 Å². The molecule has 2 atom stereocenters. The average molecular weight is 220 g/mol. The van der Waals surface area contributed by atoms with Crippen LogP contribution in [0.1, 0.15) is 25.1 Å². The van der Waals surface area contributed by atoms with Gasteiger partial charge in [0.2, 0.25) is 0 Å². The number of aromatic nitrogens is 1. The average Bonchev–Trinajstić information content (AvgIpc) is 2.59. The van der Waals surface area contributed by atoms with E-state index in [1.54, 1.807) is 6.20 Å². The first-order chi connectivity index (χ1) is 7.61. The smallest absolute Gasteiger partial charge is 0.0717 e. The van der Waals surface area contributed by atoms with Crippen molar-refractivity contribution in [2.24, 2.45) is 11.8 Å². The third-order valence-electron chi connectivity index (χ3n) is 3.60. The van der Waals surface area contributed by atoms with Gasteiger partial charge in [-0.25, -0.2) is 0 Å². The zero-order valence-corrected chi connectivity index (χ0v) is 10.3. The van der Waals surface area contributed by atoms with Crippen LogP contribution in [-0.2, 0) is 6.61 Å². The van der Waals surface area contributed by atoms with Gasteiger partial charge in [0.1, 0.15) is 0 Å². The van der Waals surface area contributed by atoms with Gasteiger partial charge in [-0.05, 0) is 24.8 Å². The molecule has 3 nitrogen and oxygen atoms in total. The van der Waals surface area contributed by atoms with Crippen LogP contribution in [0.25, 0.3) is 0 Å². The number of hydrogen-bond donors (Lipinski definition) is 1. The summed E-state index contributed by atoms with van der Waals surface area (Å²) in [6.07, 6.45) is 1.79. The number of aryl methyl sites for hydroxylation is 1. The Morgan fingerprint density at radius 3 is 2.56 bits per heavy atom. The first-order valence-corrected chi connectivity index (χ1v) is 5.93. The molecule has 0 aliphatic carbocycles. The lowest BCUT2D eigenvalue weighted by atomic mass is 10.0. The van der Waals surface area contributed by atoms with Crippen molar-refractivity contribution in [3.8, 4) is 0 Å². The maximum absolute atomic E-state index is 9.33. The summed E-state index contributed by atoms with van der Waals surface area (Å²) in [6.45, 7) is 8.80. The summed E-state index contributed by atoms with van der Waals surface area (Å²) in [5.41, 5.74) is 3.11. The van der Waals surface area contributed by atoms with Gasteiger partial charge in [-0.1, -0.05) is 13.8 Å². The standard InChI is InChI=1S/C13H20N2O/c1-9-6-15(7-10(9)2)13-4-11(3)14-5-12(13)8-16/h4-5,9-10,16H,6-8H2,1-3H3. The van der Waals surface area contributed by atoms with Gasteiger partial charge in [-0.2, -0.15) is 0 Å². The molecule has 0 radical (unpaired) electrons. The third kappa shape index (κ3) is 2.05. The summed E-state index contributed by atoms with van der Waals surface area (Å²) in [7, 11) is 0. The van der Waals surface area contributed by atoms with Crippen LogP contribution in [0.5, 0.6) is 0 Å². The second-order valence-electron chi connectivity index (χ2n) is 4.97. The molecule has 2 heterocycles. The molecule has 0 bridgehead atoms. The Bertz CT molecular complexity index is 368. The number of hydrogen-bond acceptors (Lipinski definition) is 3. The summed E-state index contributed by atoms with van der Waals surface area (Å²) in [4.78, 5) is 6.60. The van der Waals surface area contributed by atoms with Crippen molar-refractivity contribution in [1.29, 1.82) is 0 Å². The van der Waals surface area contributed by atoms with Crippen LogP contribution in [0.2, 0.25) is 0 Å². The lowest BCUT2D eigenvalue weighted by Gasteiger charge is -2.21. The molecule has 0 saturated carbocycles. The minimum Gasteiger partial charge on any atom is -0.392 e. The highest BCUT2D eigenvalue weighted by Crippen LogP contribution is 2.30. The molecule has 1 aliphatic heterocycles. The molecule has 0 spiro atoms. The van der Waals surface area contributed by atoms with E-state index in [1.165, 1.54) is 0 Å². The van der Waals surface area contributed by atoms with Gasteiger partial charge >= 0.3 is 0 Å². The second kappa shape index (κ2) is 4.42. The lowest BCUT2D eigenvalue weighted by molar-refractivity contribution is 0.281. The molecule has 1 aromatic rings. The fraction of sp³-hybridized carbons (Fsp3) is 0.615. The Morgan fingerprint density at radius 1 is 1.38 bits per heavy atom. The molecular formula is C13H20N2O. The van der Waals surface area contributed by atoms with E-state index >= 15 is 0 Å². The van der Waals surface area contributed by atoms with Crippen LogP contribution < -0.4 is 4.90 Å². The fourth-order valence-electron chi connectivity index (χ4n) is 2.32. The van der Waals surface area contributed by atoms with E-state index in [2.05, 4.69) is 29.8 Å². The van der Waals surface area contributed by atoms with Crippen LogP contribution in [0.3, 0.4) is 0 Å². The minimum absolute atomic E-state index is 0.0713. The Morgan fingerprint density at radius 2 is 2.00 bits per heavy atom. The van der Waals surface area contributed by atoms with Crippen LogP contribution in [0, 0.1) is 18.8 Å². The maximum Gasteiger partial charge on any atom is 0.0717 e. The van der Waals surface area contributed by atoms with Crippen molar-refractivity contribution in [3.05, 3.63) is 23.5 Å². The van der Waals surface area contributed by atoms with Crippen LogP contribution >= 0.6 is 0 Å². The molecule has 2 rings (SSSR count). The largest absolute Gasteiger partial charge is 0.392 e. The highest BCUT2D eigenvalue weighted by Gasteiger charge is 2.27. The molecule has 0 amide bonds. The van der Waals surface area contributed by atoms with E-state index in [9.17, 15) is 5.11 Å². The van der Waals surface area contributed by atoms with Crippen molar-refractivity contribution < 1.29 is 5.11 Å². The molecule has 2 unspecified atom stereocenters. The highest BCUT2D eigenvalue weighted by atomic mass is 16.3. The van der Waals surface area contributed by atoms with E-state index in [-0.39, 0.29) is 6.61 Å². The molecule has 1 saturated heterocycles. The molecule has 1 fully saturated rings. The number of nitrogens with zero attached hydrogens (tertiary/aromatic N) is 2. The Kier molecular flexibility index (Phi) is 3.15. The summed E-state index contributed by atoms with van der Waals surface area (Å²) in [5.74, 6) is 1.44. The molecule has 1 N–H and O–H groups in total. The monoisotopic (exact) mass is 220 g/mol. The van der Waals surface area contributed by atoms with Crippen LogP contribution in [0.15, 0.2) is 12.3 Å². The van der Waals surface area contributed by atoms with Crippen molar-refractivity contribution in [3.63, 3.8) is 0 Å². The predicted octanol–water partition coefficient (Wildman–Crippen LogP) is 1.97. The van der Waals surface area contributed by atoms with Crippen molar-refractivity contribution in [1.82, 2.24) is 4.98 Å². The van der Waals surface area contributed by atoms with Gasteiger partial charge in [-0.3, -0.25) is 4.98 Å². The van der Waals surface area contributed by atoms with E-state index < -0.39 is 0 Å². The molecule has 88 valence electrons. The first kappa shape index (κ1) is 11.4. The van der Waals surface area contributed by atoms with Crippen LogP contribution in [0.4, 0.5) is 5.69 Å². The molecule has 3 heteroatoms. The number of aliphatic hydroxyl groups excluding tert-OH is 1. The van der Waals surface area contributed by atoms with Gasteiger partial charge in [-0.15, -0.1) is 0 Å². The minimum atomic E-state index is 0.0713. The molecule has 1 aromatic heterocycles. The SMILES string of the molecule is Cc1cc(N2CC(C)C(C)C2)c(CO)cn1. The number of anilines is 1. The highest BCUT2D eigenvalue weighted by molar-refractivity contribution is 5.54. The van der Waals surface area contributed by atoms with Gasteiger partial charge in [0.25, 0.3) is 0 Å². The number of aliphatic hydroxyl groups is 1. The zero-order chi connectivity index (χ0) is 11.7. The molecule has 0 aromatic carbocycles. The molecular weight excluding hydrogens is 200 g/mol. The first-order valence-electron chi connectivity index (χ1n) is 5.93. The summed E-state index contributed by atoms with van der Waals surface area (Å²) >= 11 is 0. The number of pyridine rings is 1. The quantitative estimate of drug-likeness (QED) is 0.828. The topological polar surface area (TPSA) is 36.4 Å². The van der Waals surface area contributed by atoms with Gasteiger partial charge in [0.05, 0.1) is 6.61 Å². The van der Waals surface area contributed by atoms with Crippen LogP contribution in [-0.4, -0.2) is 23.2 Å². The summed E-state index contributed by atoms with van der Waals surface area (Å²) in [5, 5.41) is 9.33. The lowest BCUT2D eigenvalue weighted by Crippen LogP contribution is -2.21. The van der Waals surface area contributed by atoms with Gasteiger partial charge in [0, 0.05) is 36.2 Å². The maximum atomic E-state index is 9.33. The fourth-order valence-corrected chi connectivity index (χ4v) is 2.32. The van der Waals surface area contributed by atoms with Gasteiger partial charge in [0.15, 0.2) is 0 Å². The Labute approximate surface area is 97.1 Å². The van der Waals surface area contributed by atoms with Gasteiger partial charge < -0.3 is 10.0 Å². The van der Waals surface area contributed by atoms with E-state index in [4.69, 9.17) is 0 Å². The van der Waals surface area contributed by atoms with E-state index in [0.29, 0.717) is 0 Å². The number of rotatable bonds is 2. The van der Waals surface area contributed by atoms with Crippen molar-refractivity contribution in [2.45, 2.75) is 27.4 Å². The molecule has 1 aliphatic rings. The Hall–Kier alpha value is -1.09.